The highest BCUT2D eigenvalue weighted by Crippen LogP contribution is 2.27. The number of nitro groups is 1. The predicted octanol–water partition coefficient (Wildman–Crippen LogP) is 4.44. The Hall–Kier alpha value is -3.02. The summed E-state index contributed by atoms with van der Waals surface area (Å²) >= 11 is 0. The van der Waals surface area contributed by atoms with E-state index in [2.05, 4.69) is 29.6 Å². The number of hydrogen-bond acceptors (Lipinski definition) is 4. The van der Waals surface area contributed by atoms with Gasteiger partial charge in [0, 0.05) is 24.6 Å². The summed E-state index contributed by atoms with van der Waals surface area (Å²) in [5.74, 6) is 0.268. The lowest BCUT2D eigenvalue weighted by Gasteiger charge is -2.19. The summed E-state index contributed by atoms with van der Waals surface area (Å²) in [6.07, 6.45) is 0.0992. The zero-order valence-corrected chi connectivity index (χ0v) is 15.6. The summed E-state index contributed by atoms with van der Waals surface area (Å²) in [7, 11) is 0. The minimum atomic E-state index is -0.785. The van der Waals surface area contributed by atoms with Crippen molar-refractivity contribution in [2.75, 3.05) is 13.1 Å². The van der Waals surface area contributed by atoms with E-state index in [1.807, 2.05) is 36.4 Å². The van der Waals surface area contributed by atoms with Crippen molar-refractivity contribution in [3.63, 3.8) is 0 Å². The number of rotatable bonds is 9. The Morgan fingerprint density at radius 1 is 0.857 bits per heavy atom. The van der Waals surface area contributed by atoms with Crippen molar-refractivity contribution in [3.8, 4) is 0 Å². The van der Waals surface area contributed by atoms with Crippen molar-refractivity contribution < 1.29 is 10.0 Å². The Morgan fingerprint density at radius 3 is 2.00 bits per heavy atom. The van der Waals surface area contributed by atoms with Crippen LogP contribution in [0.1, 0.15) is 35.1 Å². The molecule has 0 aliphatic carbocycles. The average Bonchev–Trinajstić information content (AvgIpc) is 2.75. The van der Waals surface area contributed by atoms with Crippen LogP contribution in [-0.4, -0.2) is 23.1 Å². The van der Waals surface area contributed by atoms with Crippen LogP contribution in [0.2, 0.25) is 0 Å². The monoisotopic (exact) mass is 376 g/mol. The van der Waals surface area contributed by atoms with Crippen molar-refractivity contribution in [2.45, 2.75) is 18.4 Å². The van der Waals surface area contributed by atoms with Crippen molar-refractivity contribution in [1.29, 1.82) is 0 Å². The predicted molar refractivity (Wildman–Crippen MR) is 110 cm³/mol. The van der Waals surface area contributed by atoms with Gasteiger partial charge in [0.05, 0.1) is 11.0 Å². The SMILES string of the molecule is O=[N+]([O-])c1cccc(C(O)CNCCC(c2ccccc2)c2ccccc2)c1. The first-order valence-corrected chi connectivity index (χ1v) is 9.38. The van der Waals surface area contributed by atoms with E-state index in [1.165, 1.54) is 23.3 Å². The number of aliphatic hydroxyl groups excluding tert-OH is 1. The molecule has 5 nitrogen and oxygen atoms in total. The fourth-order valence-electron chi connectivity index (χ4n) is 3.35. The lowest BCUT2D eigenvalue weighted by atomic mass is 9.88. The fraction of sp³-hybridized carbons (Fsp3) is 0.217. The van der Waals surface area contributed by atoms with Gasteiger partial charge < -0.3 is 10.4 Å². The van der Waals surface area contributed by atoms with Crippen molar-refractivity contribution in [1.82, 2.24) is 5.32 Å². The maximum absolute atomic E-state index is 10.9. The van der Waals surface area contributed by atoms with E-state index >= 15 is 0 Å². The number of nitrogens with one attached hydrogen (secondary N) is 1. The van der Waals surface area contributed by atoms with E-state index in [-0.39, 0.29) is 11.6 Å². The third kappa shape index (κ3) is 5.25. The van der Waals surface area contributed by atoms with E-state index in [0.29, 0.717) is 12.1 Å². The van der Waals surface area contributed by atoms with Gasteiger partial charge in [-0.1, -0.05) is 72.8 Å². The zero-order valence-electron chi connectivity index (χ0n) is 15.6. The quantitative estimate of drug-likeness (QED) is 0.329. The van der Waals surface area contributed by atoms with Crippen LogP contribution in [-0.2, 0) is 0 Å². The number of hydrogen-bond donors (Lipinski definition) is 2. The van der Waals surface area contributed by atoms with Gasteiger partial charge in [-0.05, 0) is 29.7 Å². The normalized spacial score (nSPS) is 12.1. The lowest BCUT2D eigenvalue weighted by molar-refractivity contribution is -0.385. The molecule has 5 heteroatoms. The van der Waals surface area contributed by atoms with Crippen LogP contribution in [0.5, 0.6) is 0 Å². The van der Waals surface area contributed by atoms with E-state index in [9.17, 15) is 15.2 Å². The van der Waals surface area contributed by atoms with Crippen LogP contribution in [0, 0.1) is 10.1 Å². The largest absolute Gasteiger partial charge is 0.387 e. The Morgan fingerprint density at radius 2 is 1.43 bits per heavy atom. The third-order valence-corrected chi connectivity index (χ3v) is 4.82. The third-order valence-electron chi connectivity index (χ3n) is 4.82. The lowest BCUT2D eigenvalue weighted by Crippen LogP contribution is -2.24. The van der Waals surface area contributed by atoms with Gasteiger partial charge in [0.2, 0.25) is 0 Å². The smallest absolute Gasteiger partial charge is 0.269 e. The van der Waals surface area contributed by atoms with Gasteiger partial charge in [0.1, 0.15) is 0 Å². The molecule has 0 saturated heterocycles. The Labute approximate surface area is 164 Å². The molecule has 0 heterocycles. The Bertz CT molecular complexity index is 845. The van der Waals surface area contributed by atoms with Crippen LogP contribution in [0.25, 0.3) is 0 Å². The summed E-state index contributed by atoms with van der Waals surface area (Å²) < 4.78 is 0. The summed E-state index contributed by atoms with van der Waals surface area (Å²) in [6, 6.07) is 26.9. The van der Waals surface area contributed by atoms with Gasteiger partial charge >= 0.3 is 0 Å². The van der Waals surface area contributed by atoms with Crippen LogP contribution in [0.3, 0.4) is 0 Å². The second kappa shape index (κ2) is 9.78. The molecule has 0 aromatic heterocycles. The molecular formula is C23H24N2O3. The number of nitro benzene ring substituents is 1. The molecule has 0 saturated carbocycles. The standard InChI is InChI=1S/C23H24N2O3/c26-23(20-12-7-13-21(16-20)25(27)28)17-24-15-14-22(18-8-3-1-4-9-18)19-10-5-2-6-11-19/h1-13,16,22-24,26H,14-15,17H2. The Balaban J connectivity index is 1.59. The molecule has 0 spiro atoms. The number of non-ortho nitro benzene ring substituents is 1. The summed E-state index contributed by atoms with van der Waals surface area (Å²) in [4.78, 5) is 10.4. The minimum absolute atomic E-state index is 0.00947. The van der Waals surface area contributed by atoms with Crippen LogP contribution < -0.4 is 5.32 Å². The molecular weight excluding hydrogens is 352 g/mol. The maximum Gasteiger partial charge on any atom is 0.269 e. The first-order valence-electron chi connectivity index (χ1n) is 9.38. The fourth-order valence-corrected chi connectivity index (χ4v) is 3.35. The molecule has 3 rings (SSSR count). The van der Waals surface area contributed by atoms with Crippen LogP contribution in [0.4, 0.5) is 5.69 Å². The Kier molecular flexibility index (Phi) is 6.89. The van der Waals surface area contributed by atoms with Gasteiger partial charge in [0.15, 0.2) is 0 Å². The number of nitrogens with zero attached hydrogens (tertiary/aromatic N) is 1. The minimum Gasteiger partial charge on any atom is -0.387 e. The molecule has 0 aliphatic rings. The topological polar surface area (TPSA) is 75.4 Å². The molecule has 1 unspecified atom stereocenters. The maximum atomic E-state index is 10.9. The van der Waals surface area contributed by atoms with Crippen molar-refractivity contribution in [2.24, 2.45) is 0 Å². The number of aliphatic hydroxyl groups is 1. The highest BCUT2D eigenvalue weighted by molar-refractivity contribution is 5.35. The van der Waals surface area contributed by atoms with Crippen molar-refractivity contribution in [3.05, 3.63) is 112 Å². The summed E-state index contributed by atoms with van der Waals surface area (Å²) in [5, 5.41) is 24.5. The van der Waals surface area contributed by atoms with Crippen molar-refractivity contribution >= 4 is 5.69 Å². The second-order valence-electron chi connectivity index (χ2n) is 6.73. The molecule has 144 valence electrons. The molecule has 0 bridgehead atoms. The first-order chi connectivity index (χ1) is 13.6. The number of benzene rings is 3. The van der Waals surface area contributed by atoms with E-state index in [4.69, 9.17) is 0 Å². The highest BCUT2D eigenvalue weighted by Gasteiger charge is 2.15. The molecule has 28 heavy (non-hydrogen) atoms. The van der Waals surface area contributed by atoms with E-state index < -0.39 is 11.0 Å². The molecule has 3 aromatic carbocycles. The van der Waals surface area contributed by atoms with Gasteiger partial charge in [0.25, 0.3) is 5.69 Å². The van der Waals surface area contributed by atoms with E-state index in [0.717, 1.165) is 13.0 Å². The molecule has 0 amide bonds. The molecule has 0 aliphatic heterocycles. The van der Waals surface area contributed by atoms with Crippen LogP contribution in [0.15, 0.2) is 84.9 Å². The zero-order chi connectivity index (χ0) is 19.8. The first kappa shape index (κ1) is 19.7. The summed E-state index contributed by atoms with van der Waals surface area (Å²) in [5.41, 5.74) is 3.05. The second-order valence-corrected chi connectivity index (χ2v) is 6.73. The average molecular weight is 376 g/mol. The van der Waals surface area contributed by atoms with Crippen LogP contribution >= 0.6 is 0 Å². The molecule has 3 aromatic rings. The molecule has 1 atom stereocenters. The van der Waals surface area contributed by atoms with Gasteiger partial charge in [-0.15, -0.1) is 0 Å². The molecule has 2 N–H and O–H groups in total. The summed E-state index contributed by atoms with van der Waals surface area (Å²) in [6.45, 7) is 1.07. The molecule has 0 radical (unpaired) electrons. The van der Waals surface area contributed by atoms with Gasteiger partial charge in [-0.2, -0.15) is 0 Å². The highest BCUT2D eigenvalue weighted by atomic mass is 16.6. The van der Waals surface area contributed by atoms with Gasteiger partial charge in [-0.25, -0.2) is 0 Å². The van der Waals surface area contributed by atoms with E-state index in [1.54, 1.807) is 12.1 Å². The molecule has 0 fully saturated rings. The van der Waals surface area contributed by atoms with Gasteiger partial charge in [-0.3, -0.25) is 10.1 Å².